The molecule has 5 aliphatic rings. The molecule has 29 nitrogen and oxygen atoms in total. The van der Waals surface area contributed by atoms with Gasteiger partial charge in [0.05, 0.1) is 68.4 Å². The lowest BCUT2D eigenvalue weighted by molar-refractivity contribution is -0.158. The molecule has 0 radical (unpaired) electrons. The van der Waals surface area contributed by atoms with Gasteiger partial charge in [-0.3, -0.25) is 52.8 Å². The topological polar surface area (TPSA) is 363 Å². The van der Waals surface area contributed by atoms with Crippen molar-refractivity contribution in [2.24, 2.45) is 35.3 Å². The van der Waals surface area contributed by atoms with Crippen LogP contribution in [0.15, 0.2) is 114 Å². The number of hydrogen-bond acceptors (Lipinski definition) is 20. The van der Waals surface area contributed by atoms with Gasteiger partial charge in [0.2, 0.25) is 59.1 Å². The second-order valence-corrected chi connectivity index (χ2v) is 36.3. The molecule has 2 unspecified atom stereocenters. The first-order chi connectivity index (χ1) is 56.4. The van der Waals surface area contributed by atoms with Gasteiger partial charge in [-0.15, -0.1) is 11.3 Å². The minimum Gasteiger partial charge on any atom is -0.445 e. The maximum absolute atomic E-state index is 15.0. The second-order valence-electron chi connectivity index (χ2n) is 31.8. The Hall–Kier alpha value is -8.76. The van der Waals surface area contributed by atoms with E-state index in [1.165, 1.54) is 58.2 Å². The fourth-order valence-electron chi connectivity index (χ4n) is 15.6. The molecule has 33 heteroatoms. The van der Waals surface area contributed by atoms with Gasteiger partial charge in [0, 0.05) is 106 Å². The van der Waals surface area contributed by atoms with Crippen LogP contribution in [0.5, 0.6) is 0 Å². The summed E-state index contributed by atoms with van der Waals surface area (Å²) in [6.45, 7) is 16.9. The average molecular weight is 1710 g/mol. The minimum absolute atomic E-state index is 0.0179. The monoisotopic (exact) mass is 1710 g/mol. The highest BCUT2D eigenvalue weighted by atomic mass is 32.2. The van der Waals surface area contributed by atoms with E-state index in [9.17, 15) is 57.5 Å². The summed E-state index contributed by atoms with van der Waals surface area (Å²) in [5.74, 6) is -4.63. The van der Waals surface area contributed by atoms with Crippen molar-refractivity contribution in [1.82, 2.24) is 61.0 Å². The zero-order valence-electron chi connectivity index (χ0n) is 70.4. The number of anilines is 1. The van der Waals surface area contributed by atoms with Crippen LogP contribution in [0.25, 0.3) is 0 Å². The number of fused-ring (bicyclic) bond motifs is 7. The van der Waals surface area contributed by atoms with E-state index in [0.717, 1.165) is 17.0 Å². The molecule has 4 fully saturated rings. The lowest BCUT2D eigenvalue weighted by Gasteiger charge is -2.42. The van der Waals surface area contributed by atoms with Crippen molar-refractivity contribution in [2.45, 2.75) is 205 Å². The summed E-state index contributed by atoms with van der Waals surface area (Å²) in [5.41, 5.74) is 9.81. The summed E-state index contributed by atoms with van der Waals surface area (Å²) < 4.78 is 18.0. The Morgan fingerprint density at radius 2 is 1.35 bits per heavy atom. The van der Waals surface area contributed by atoms with E-state index in [0.29, 0.717) is 55.0 Å². The summed E-state index contributed by atoms with van der Waals surface area (Å²) in [6, 6.07) is 9.66. The van der Waals surface area contributed by atoms with Gasteiger partial charge in [-0.05, 0) is 85.5 Å². The standard InChI is InChI=1S/C85H122N14O15S4/c1-14-55(8)74(65(112-12)46-70(104)99-39-23-29-64(99)75(113-13)56(9)78(105)91-63(82-87-38-43-118-82)44-57-24-18-17-19-25-57)94(10)83(109)72(53(4)5)93-81(108)73(54(6)7)95(11)85(111)114-47-58-30-32-61(33-31-58)89-79(106)62(28-22-37-88-84(86)110)90-80(107)71(52(2)3)92-66(100)48-115-40-34-67(101)96-49-97-51-98(50-96)69(103)36-42-117-77-60-27-21-16-15-20-26-59(45-60)76(77)116-41-35-68(97)102/h15-21,24-27,30-33,38,43,52-56,62-65,71-77H,14,22-23,28-29,34-37,39-42,44-51H2,1-13H3,(H,89,106)(H,90,107)(H,91,105)(H,92,100)(H,93,108)(H3,86,88,110)/b20-15-,21-16-,59-26+,60-27+/t55-,56+,62-,63-,64-,65+,71-,72-,73-,74-,75+,76?,77?/m0/s1. The Morgan fingerprint density at radius 1 is 0.703 bits per heavy atom. The van der Waals surface area contributed by atoms with E-state index in [1.807, 2.05) is 94.6 Å². The van der Waals surface area contributed by atoms with E-state index in [-0.39, 0.29) is 135 Å². The zero-order chi connectivity index (χ0) is 85.9. The van der Waals surface area contributed by atoms with Gasteiger partial charge < -0.3 is 76.3 Å². The normalized spacial score (nSPS) is 21.0. The largest absolute Gasteiger partial charge is 0.445 e. The molecule has 4 heterocycles. The first-order valence-electron chi connectivity index (χ1n) is 40.9. The molecule has 13 amide bonds. The van der Waals surface area contributed by atoms with E-state index in [1.54, 1.807) is 115 Å². The summed E-state index contributed by atoms with van der Waals surface area (Å²) in [7, 11) is 6.16. The molecule has 3 aromatic rings. The number of carbonyl (C=O) groups excluding carboxylic acids is 12. The van der Waals surface area contributed by atoms with Crippen LogP contribution in [-0.4, -0.2) is 249 Å². The minimum atomic E-state index is -1.16. The van der Waals surface area contributed by atoms with Gasteiger partial charge in [0.25, 0.3) is 0 Å². The van der Waals surface area contributed by atoms with E-state index >= 15 is 0 Å². The van der Waals surface area contributed by atoms with Crippen LogP contribution in [0.4, 0.5) is 15.3 Å². The highest BCUT2D eigenvalue weighted by molar-refractivity contribution is 8.04. The van der Waals surface area contributed by atoms with Crippen LogP contribution in [0.1, 0.15) is 149 Å². The molecule has 0 spiro atoms. The van der Waals surface area contributed by atoms with Gasteiger partial charge >= 0.3 is 12.1 Å². The van der Waals surface area contributed by atoms with Gasteiger partial charge in [-0.1, -0.05) is 159 Å². The SMILES string of the molecule is CC[C@H](C)[C@@H]([C@@H](CC(=O)N1CCC[C@H]1[C@H](OC)[C@@H](C)C(=O)N[C@@H](Cc1ccccc1)c1nccs1)OC)N(C)C(=O)[C@@H](NC(=O)[C@H](C(C)C)N(C)C(=O)OCc1ccc(NC(=O)[C@H](CCCNC(N)=O)NC(=O)[C@@H](NC(=O)CSCCC(=O)N2CN3CN(C2)C(=O)CCSC2/C4=C/C=C\C=C/C=C(\C4)C2SCCC3=O)C(C)C)cc1)C(C)C. The van der Waals surface area contributed by atoms with E-state index in [4.69, 9.17) is 19.9 Å². The van der Waals surface area contributed by atoms with Crippen LogP contribution in [0, 0.1) is 29.6 Å². The van der Waals surface area contributed by atoms with Gasteiger partial charge in [-0.2, -0.15) is 35.3 Å². The number of amides is 13. The van der Waals surface area contributed by atoms with Gasteiger partial charge in [0.1, 0.15) is 35.8 Å². The number of likely N-dealkylation sites (tertiary alicyclic amines) is 1. The third-order valence-corrected chi connectivity index (χ3v) is 27.0. The molecule has 3 saturated heterocycles. The number of hydrogen-bond donors (Lipinski definition) is 7. The number of nitrogens with one attached hydrogen (secondary N) is 6. The molecule has 3 aliphatic heterocycles. The predicted octanol–water partition coefficient (Wildman–Crippen LogP) is 8.79. The molecule has 13 atom stereocenters. The van der Waals surface area contributed by atoms with Gasteiger partial charge in [0.15, 0.2) is 0 Å². The maximum Gasteiger partial charge on any atom is 0.410 e. The third-order valence-electron chi connectivity index (χ3n) is 22.3. The highest BCUT2D eigenvalue weighted by Crippen LogP contribution is 2.46. The predicted molar refractivity (Wildman–Crippen MR) is 461 cm³/mol. The van der Waals surface area contributed by atoms with Crippen molar-refractivity contribution in [3.63, 3.8) is 0 Å². The number of thioether (sulfide) groups is 3. The highest BCUT2D eigenvalue weighted by Gasteiger charge is 2.45. The second kappa shape index (κ2) is 46.7. The number of methoxy groups -OCH3 is 2. The van der Waals surface area contributed by atoms with Crippen LogP contribution in [0.2, 0.25) is 0 Å². The van der Waals surface area contributed by atoms with Crippen molar-refractivity contribution >= 4 is 124 Å². The van der Waals surface area contributed by atoms with Gasteiger partial charge in [-0.25, -0.2) is 14.6 Å². The molecule has 1 aromatic heterocycles. The van der Waals surface area contributed by atoms with Crippen LogP contribution < -0.4 is 37.6 Å². The number of primary amides is 1. The fourth-order valence-corrected chi connectivity index (χ4v) is 20.1. The zero-order valence-corrected chi connectivity index (χ0v) is 73.6. The first kappa shape index (κ1) is 94.7. The van der Waals surface area contributed by atoms with Crippen molar-refractivity contribution in [2.75, 3.05) is 89.7 Å². The van der Waals surface area contributed by atoms with Crippen LogP contribution in [0.3, 0.4) is 0 Å². The first-order valence-corrected chi connectivity index (χ1v) is 45.0. The number of nitrogens with two attached hydrogens (primary N) is 1. The molecular weight excluding hydrogens is 1590 g/mol. The molecule has 4 bridgehead atoms. The Morgan fingerprint density at radius 3 is 1.92 bits per heavy atom. The molecule has 8 N–H and O–H groups in total. The Kier molecular flexibility index (Phi) is 37.5. The molecule has 646 valence electrons. The molecule has 8 rings (SSSR count). The van der Waals surface area contributed by atoms with Crippen molar-refractivity contribution in [3.8, 4) is 0 Å². The Labute approximate surface area is 711 Å². The number of benzene rings is 2. The lowest BCUT2D eigenvalue weighted by atomic mass is 9.89. The summed E-state index contributed by atoms with van der Waals surface area (Å²) >= 11 is 6.17. The number of urea groups is 1. The Balaban J connectivity index is 0.811. The molecule has 118 heavy (non-hydrogen) atoms. The fraction of sp³-hybridized carbons (Fsp3) is 0.588. The van der Waals surface area contributed by atoms with Crippen molar-refractivity contribution in [3.05, 3.63) is 130 Å². The summed E-state index contributed by atoms with van der Waals surface area (Å²) in [6.07, 6.45) is 15.9. The number of carbonyl (C=O) groups is 12. The molecule has 2 aliphatic carbocycles. The molecule has 2 aromatic carbocycles. The molecule has 1 saturated carbocycles. The van der Waals surface area contributed by atoms with Crippen molar-refractivity contribution in [1.29, 1.82) is 0 Å². The third kappa shape index (κ3) is 26.9. The smallest absolute Gasteiger partial charge is 0.410 e. The molecular formula is C85H122N14O15S4. The lowest BCUT2D eigenvalue weighted by Crippen LogP contribution is -2.60. The summed E-state index contributed by atoms with van der Waals surface area (Å²) in [5, 5.41) is 20.1. The number of allylic oxidation sites excluding steroid dienone is 6. The number of aromatic nitrogens is 1. The quantitative estimate of drug-likeness (QED) is 0.0263. The number of rotatable bonds is 38. The average Bonchev–Trinajstić information content (AvgIpc) is 1.26. The number of ether oxygens (including phenoxy) is 3. The maximum atomic E-state index is 15.0. The summed E-state index contributed by atoms with van der Waals surface area (Å²) in [4.78, 5) is 181. The van der Waals surface area contributed by atoms with Crippen molar-refractivity contribution < 1.29 is 71.7 Å². The number of thiazole rings is 1. The van der Waals surface area contributed by atoms with E-state index < -0.39 is 114 Å². The van der Waals surface area contributed by atoms with E-state index in [2.05, 4.69) is 49.0 Å². The van der Waals surface area contributed by atoms with Crippen LogP contribution >= 0.6 is 46.6 Å². The number of nitrogens with zero attached hydrogens (tertiary/aromatic N) is 7. The Bertz CT molecular complexity index is 3980. The van der Waals surface area contributed by atoms with Crippen LogP contribution in [-0.2, 0) is 75.2 Å². The number of likely N-dealkylation sites (N-methyl/N-ethyl adjacent to an activating group) is 2.